The lowest BCUT2D eigenvalue weighted by Crippen LogP contribution is -2.20. The second kappa shape index (κ2) is 2.63. The summed E-state index contributed by atoms with van der Waals surface area (Å²) >= 11 is 0. The van der Waals surface area contributed by atoms with E-state index < -0.39 is 0 Å². The van der Waals surface area contributed by atoms with Crippen LogP contribution >= 0.6 is 0 Å². The maximum atomic E-state index is 11.6. The lowest BCUT2D eigenvalue weighted by Gasteiger charge is -2.04. The van der Waals surface area contributed by atoms with Crippen LogP contribution in [0.1, 0.15) is 23.7 Å². The SMILES string of the molecule is CCC1Nc2ccccc2C1=O. The van der Waals surface area contributed by atoms with Crippen molar-refractivity contribution < 1.29 is 4.79 Å². The predicted molar refractivity (Wildman–Crippen MR) is 48.5 cm³/mol. The van der Waals surface area contributed by atoms with E-state index >= 15 is 0 Å². The number of benzene rings is 1. The fourth-order valence-corrected chi connectivity index (χ4v) is 1.55. The van der Waals surface area contributed by atoms with Crippen LogP contribution in [-0.4, -0.2) is 11.8 Å². The van der Waals surface area contributed by atoms with E-state index in [4.69, 9.17) is 0 Å². The third-order valence-electron chi connectivity index (χ3n) is 2.25. The van der Waals surface area contributed by atoms with Crippen molar-refractivity contribution in [3.63, 3.8) is 0 Å². The molecule has 12 heavy (non-hydrogen) atoms. The van der Waals surface area contributed by atoms with Gasteiger partial charge in [0.2, 0.25) is 0 Å². The number of hydrogen-bond donors (Lipinski definition) is 1. The zero-order chi connectivity index (χ0) is 8.55. The lowest BCUT2D eigenvalue weighted by atomic mass is 10.1. The Morgan fingerprint density at radius 2 is 2.17 bits per heavy atom. The molecule has 1 unspecified atom stereocenters. The van der Waals surface area contributed by atoms with Gasteiger partial charge in [-0.05, 0) is 18.6 Å². The Bertz CT molecular complexity index is 319. The van der Waals surface area contributed by atoms with Gasteiger partial charge >= 0.3 is 0 Å². The van der Waals surface area contributed by atoms with Gasteiger partial charge in [-0.3, -0.25) is 4.79 Å². The van der Waals surface area contributed by atoms with Crippen molar-refractivity contribution in [2.45, 2.75) is 19.4 Å². The summed E-state index contributed by atoms with van der Waals surface area (Å²) < 4.78 is 0. The van der Waals surface area contributed by atoms with Crippen LogP contribution in [0.5, 0.6) is 0 Å². The third-order valence-corrected chi connectivity index (χ3v) is 2.25. The molecule has 1 aromatic rings. The molecule has 62 valence electrons. The topological polar surface area (TPSA) is 29.1 Å². The zero-order valence-corrected chi connectivity index (χ0v) is 7.00. The van der Waals surface area contributed by atoms with Gasteiger partial charge in [0.05, 0.1) is 6.04 Å². The first kappa shape index (κ1) is 7.35. The second-order valence-electron chi connectivity index (χ2n) is 3.02. The number of Topliss-reactive ketones (excluding diaryl/α,β-unsaturated/α-hetero) is 1. The molecular weight excluding hydrogens is 150 g/mol. The molecule has 0 bridgehead atoms. The molecular formula is C10H11NO. The summed E-state index contributed by atoms with van der Waals surface area (Å²) in [6.07, 6.45) is 0.855. The number of fused-ring (bicyclic) bond motifs is 1. The molecule has 0 aliphatic carbocycles. The zero-order valence-electron chi connectivity index (χ0n) is 7.00. The molecule has 0 spiro atoms. The van der Waals surface area contributed by atoms with Gasteiger partial charge in [-0.25, -0.2) is 0 Å². The Balaban J connectivity index is 2.42. The van der Waals surface area contributed by atoms with Crippen LogP contribution < -0.4 is 5.32 Å². The van der Waals surface area contributed by atoms with Crippen LogP contribution in [0.3, 0.4) is 0 Å². The Kier molecular flexibility index (Phi) is 1.61. The van der Waals surface area contributed by atoms with Gasteiger partial charge in [-0.1, -0.05) is 19.1 Å². The number of carbonyl (C=O) groups excluding carboxylic acids is 1. The minimum Gasteiger partial charge on any atom is -0.374 e. The quantitative estimate of drug-likeness (QED) is 0.683. The van der Waals surface area contributed by atoms with Gasteiger partial charge in [0, 0.05) is 11.3 Å². The highest BCUT2D eigenvalue weighted by molar-refractivity contribution is 6.10. The number of ketones is 1. The molecule has 2 rings (SSSR count). The Morgan fingerprint density at radius 3 is 2.83 bits per heavy atom. The highest BCUT2D eigenvalue weighted by Crippen LogP contribution is 2.26. The first-order valence-electron chi connectivity index (χ1n) is 4.22. The summed E-state index contributed by atoms with van der Waals surface area (Å²) in [7, 11) is 0. The summed E-state index contributed by atoms with van der Waals surface area (Å²) in [5.74, 6) is 0.230. The van der Waals surface area contributed by atoms with Crippen molar-refractivity contribution in [1.29, 1.82) is 0 Å². The van der Waals surface area contributed by atoms with E-state index in [1.54, 1.807) is 0 Å². The molecule has 1 heterocycles. The van der Waals surface area contributed by atoms with E-state index in [9.17, 15) is 4.79 Å². The minimum absolute atomic E-state index is 0.00222. The predicted octanol–water partition coefficient (Wildman–Crippen LogP) is 2.07. The van der Waals surface area contributed by atoms with Gasteiger partial charge in [-0.2, -0.15) is 0 Å². The van der Waals surface area contributed by atoms with Crippen molar-refractivity contribution in [2.75, 3.05) is 5.32 Å². The first-order valence-corrected chi connectivity index (χ1v) is 4.22. The van der Waals surface area contributed by atoms with Gasteiger partial charge in [-0.15, -0.1) is 0 Å². The van der Waals surface area contributed by atoms with E-state index in [0.717, 1.165) is 17.7 Å². The Hall–Kier alpha value is -1.31. The standard InChI is InChI=1S/C10H11NO/c1-2-8-10(12)7-5-3-4-6-9(7)11-8/h3-6,8,11H,2H2,1H3. The molecule has 2 nitrogen and oxygen atoms in total. The number of hydrogen-bond acceptors (Lipinski definition) is 2. The monoisotopic (exact) mass is 161 g/mol. The van der Waals surface area contributed by atoms with E-state index in [1.807, 2.05) is 31.2 Å². The molecule has 2 heteroatoms. The van der Waals surface area contributed by atoms with Crippen molar-refractivity contribution >= 4 is 11.5 Å². The molecule has 0 saturated carbocycles. The molecule has 0 fully saturated rings. The van der Waals surface area contributed by atoms with Crippen molar-refractivity contribution in [2.24, 2.45) is 0 Å². The van der Waals surface area contributed by atoms with Crippen LogP contribution in [0.4, 0.5) is 5.69 Å². The molecule has 0 saturated heterocycles. The molecule has 1 aliphatic rings. The van der Waals surface area contributed by atoms with Crippen LogP contribution in [-0.2, 0) is 0 Å². The van der Waals surface area contributed by atoms with Crippen LogP contribution in [0.25, 0.3) is 0 Å². The molecule has 1 aromatic carbocycles. The van der Waals surface area contributed by atoms with Gasteiger partial charge in [0.1, 0.15) is 0 Å². The molecule has 0 radical (unpaired) electrons. The van der Waals surface area contributed by atoms with E-state index in [0.29, 0.717) is 0 Å². The largest absolute Gasteiger partial charge is 0.374 e. The molecule has 0 aromatic heterocycles. The Labute approximate surface area is 71.6 Å². The molecule has 1 aliphatic heterocycles. The summed E-state index contributed by atoms with van der Waals surface area (Å²) in [6.45, 7) is 2.02. The lowest BCUT2D eigenvalue weighted by molar-refractivity contribution is 0.0978. The number of anilines is 1. The second-order valence-corrected chi connectivity index (χ2v) is 3.02. The molecule has 1 atom stereocenters. The molecule has 0 amide bonds. The van der Waals surface area contributed by atoms with Crippen molar-refractivity contribution in [3.8, 4) is 0 Å². The summed E-state index contributed by atoms with van der Waals surface area (Å²) in [4.78, 5) is 11.6. The minimum atomic E-state index is 0.00222. The summed E-state index contributed by atoms with van der Waals surface area (Å²) in [5, 5.41) is 3.18. The van der Waals surface area contributed by atoms with E-state index in [2.05, 4.69) is 5.32 Å². The highest BCUT2D eigenvalue weighted by Gasteiger charge is 2.27. The van der Waals surface area contributed by atoms with Crippen molar-refractivity contribution in [3.05, 3.63) is 29.8 Å². The number of para-hydroxylation sites is 1. The number of nitrogens with one attached hydrogen (secondary N) is 1. The maximum absolute atomic E-state index is 11.6. The smallest absolute Gasteiger partial charge is 0.187 e. The average Bonchev–Trinajstić information content (AvgIpc) is 2.44. The summed E-state index contributed by atoms with van der Waals surface area (Å²) in [5.41, 5.74) is 1.82. The normalized spacial score (nSPS) is 20.4. The number of rotatable bonds is 1. The average molecular weight is 161 g/mol. The number of carbonyl (C=O) groups is 1. The fraction of sp³-hybridized carbons (Fsp3) is 0.300. The Morgan fingerprint density at radius 1 is 1.42 bits per heavy atom. The fourth-order valence-electron chi connectivity index (χ4n) is 1.55. The first-order chi connectivity index (χ1) is 5.83. The van der Waals surface area contributed by atoms with Crippen LogP contribution in [0, 0.1) is 0 Å². The van der Waals surface area contributed by atoms with Gasteiger partial charge in [0.25, 0.3) is 0 Å². The van der Waals surface area contributed by atoms with Crippen LogP contribution in [0.2, 0.25) is 0 Å². The van der Waals surface area contributed by atoms with E-state index in [-0.39, 0.29) is 11.8 Å². The maximum Gasteiger partial charge on any atom is 0.187 e. The van der Waals surface area contributed by atoms with Crippen LogP contribution in [0.15, 0.2) is 24.3 Å². The van der Waals surface area contributed by atoms with E-state index in [1.165, 1.54) is 0 Å². The summed E-state index contributed by atoms with van der Waals surface area (Å²) in [6, 6.07) is 7.67. The van der Waals surface area contributed by atoms with Crippen molar-refractivity contribution in [1.82, 2.24) is 0 Å². The highest BCUT2D eigenvalue weighted by atomic mass is 16.1. The van der Waals surface area contributed by atoms with Gasteiger partial charge in [0.15, 0.2) is 5.78 Å². The third kappa shape index (κ3) is 0.916. The molecule has 1 N–H and O–H groups in total. The van der Waals surface area contributed by atoms with Gasteiger partial charge < -0.3 is 5.32 Å².